The second kappa shape index (κ2) is 10.7. The van der Waals surface area contributed by atoms with Crippen LogP contribution in [0.1, 0.15) is 40.0 Å². The minimum absolute atomic E-state index is 0.392. The van der Waals surface area contributed by atoms with Crippen molar-refractivity contribution in [2.45, 2.75) is 46.1 Å². The Kier molecular flexibility index (Phi) is 10.5. The van der Waals surface area contributed by atoms with Gasteiger partial charge in [0.25, 0.3) is 0 Å². The summed E-state index contributed by atoms with van der Waals surface area (Å²) in [5.41, 5.74) is 0. The SMILES string of the molecule is CCOCC/C=C\CC(CC)OCC. The molecule has 0 spiro atoms. The van der Waals surface area contributed by atoms with Gasteiger partial charge in [-0.2, -0.15) is 0 Å². The van der Waals surface area contributed by atoms with E-state index in [1.807, 2.05) is 13.8 Å². The molecule has 0 radical (unpaired) electrons. The van der Waals surface area contributed by atoms with Gasteiger partial charge in [-0.1, -0.05) is 19.1 Å². The van der Waals surface area contributed by atoms with Gasteiger partial charge >= 0.3 is 0 Å². The molecule has 14 heavy (non-hydrogen) atoms. The molecule has 1 unspecified atom stereocenters. The molecule has 0 heterocycles. The normalized spacial score (nSPS) is 13.6. The molecule has 1 atom stereocenters. The maximum atomic E-state index is 5.54. The first-order valence-corrected chi connectivity index (χ1v) is 5.69. The third kappa shape index (κ3) is 8.27. The van der Waals surface area contributed by atoms with Crippen molar-refractivity contribution in [3.05, 3.63) is 12.2 Å². The van der Waals surface area contributed by atoms with Crippen LogP contribution < -0.4 is 0 Å². The zero-order valence-corrected chi connectivity index (χ0v) is 9.79. The molecule has 0 N–H and O–H groups in total. The van der Waals surface area contributed by atoms with Gasteiger partial charge in [-0.05, 0) is 33.1 Å². The summed E-state index contributed by atoms with van der Waals surface area (Å²) in [7, 11) is 0. The van der Waals surface area contributed by atoms with Crippen LogP contribution in [0, 0.1) is 0 Å². The Balaban J connectivity index is 3.37. The van der Waals surface area contributed by atoms with E-state index in [1.54, 1.807) is 0 Å². The predicted molar refractivity (Wildman–Crippen MR) is 60.6 cm³/mol. The molecule has 2 heteroatoms. The fourth-order valence-corrected chi connectivity index (χ4v) is 1.25. The molecule has 0 bridgehead atoms. The van der Waals surface area contributed by atoms with E-state index in [0.717, 1.165) is 39.1 Å². The van der Waals surface area contributed by atoms with Crippen LogP contribution in [-0.2, 0) is 9.47 Å². The van der Waals surface area contributed by atoms with E-state index in [4.69, 9.17) is 9.47 Å². The Morgan fingerprint density at radius 1 is 1.07 bits per heavy atom. The molecule has 0 rings (SSSR count). The third-order valence-corrected chi connectivity index (χ3v) is 2.06. The maximum Gasteiger partial charge on any atom is 0.0606 e. The Morgan fingerprint density at radius 3 is 2.43 bits per heavy atom. The molecule has 0 aromatic rings. The fraction of sp³-hybridized carbons (Fsp3) is 0.833. The highest BCUT2D eigenvalue weighted by atomic mass is 16.5. The summed E-state index contributed by atoms with van der Waals surface area (Å²) in [5, 5.41) is 0. The number of hydrogen-bond donors (Lipinski definition) is 0. The quantitative estimate of drug-likeness (QED) is 0.420. The van der Waals surface area contributed by atoms with Crippen molar-refractivity contribution in [2.24, 2.45) is 0 Å². The van der Waals surface area contributed by atoms with Crippen LogP contribution in [0.2, 0.25) is 0 Å². The Bertz CT molecular complexity index is 132. The van der Waals surface area contributed by atoms with Crippen molar-refractivity contribution in [1.82, 2.24) is 0 Å². The smallest absolute Gasteiger partial charge is 0.0606 e. The minimum Gasteiger partial charge on any atom is -0.381 e. The van der Waals surface area contributed by atoms with Gasteiger partial charge < -0.3 is 9.47 Å². The number of ether oxygens (including phenoxy) is 2. The van der Waals surface area contributed by atoms with Crippen LogP contribution in [-0.4, -0.2) is 25.9 Å². The molecule has 0 aliphatic heterocycles. The van der Waals surface area contributed by atoms with Gasteiger partial charge in [0.1, 0.15) is 0 Å². The van der Waals surface area contributed by atoms with Gasteiger partial charge in [0, 0.05) is 19.8 Å². The molecule has 0 fully saturated rings. The summed E-state index contributed by atoms with van der Waals surface area (Å²) < 4.78 is 10.8. The fourth-order valence-electron chi connectivity index (χ4n) is 1.25. The van der Waals surface area contributed by atoms with Crippen molar-refractivity contribution < 1.29 is 9.47 Å². The summed E-state index contributed by atoms with van der Waals surface area (Å²) in [4.78, 5) is 0. The zero-order chi connectivity index (χ0) is 10.6. The number of hydrogen-bond acceptors (Lipinski definition) is 2. The summed E-state index contributed by atoms with van der Waals surface area (Å²) in [6, 6.07) is 0. The molecule has 0 aliphatic carbocycles. The van der Waals surface area contributed by atoms with E-state index in [0.29, 0.717) is 6.10 Å². The van der Waals surface area contributed by atoms with E-state index in [9.17, 15) is 0 Å². The van der Waals surface area contributed by atoms with Crippen molar-refractivity contribution in [3.8, 4) is 0 Å². The molecule has 0 amide bonds. The topological polar surface area (TPSA) is 18.5 Å². The van der Waals surface area contributed by atoms with Crippen molar-refractivity contribution in [3.63, 3.8) is 0 Å². The highest BCUT2D eigenvalue weighted by Crippen LogP contribution is 2.04. The van der Waals surface area contributed by atoms with E-state index >= 15 is 0 Å². The lowest BCUT2D eigenvalue weighted by atomic mass is 10.2. The van der Waals surface area contributed by atoms with Gasteiger partial charge in [0.15, 0.2) is 0 Å². The molecule has 84 valence electrons. The van der Waals surface area contributed by atoms with Gasteiger partial charge in [0.05, 0.1) is 6.10 Å². The van der Waals surface area contributed by atoms with Crippen LogP contribution in [0.15, 0.2) is 12.2 Å². The summed E-state index contributed by atoms with van der Waals surface area (Å²) in [6.07, 6.45) is 7.89. The Morgan fingerprint density at radius 2 is 1.86 bits per heavy atom. The monoisotopic (exact) mass is 200 g/mol. The van der Waals surface area contributed by atoms with Crippen LogP contribution in [0.3, 0.4) is 0 Å². The van der Waals surface area contributed by atoms with Gasteiger partial charge in [-0.3, -0.25) is 0 Å². The lowest BCUT2D eigenvalue weighted by Gasteiger charge is -2.11. The highest BCUT2D eigenvalue weighted by Gasteiger charge is 2.01. The Hall–Kier alpha value is -0.340. The van der Waals surface area contributed by atoms with E-state index < -0.39 is 0 Å². The average Bonchev–Trinajstić information content (AvgIpc) is 2.21. The van der Waals surface area contributed by atoms with E-state index in [-0.39, 0.29) is 0 Å². The van der Waals surface area contributed by atoms with E-state index in [2.05, 4.69) is 19.1 Å². The van der Waals surface area contributed by atoms with Crippen LogP contribution in [0.4, 0.5) is 0 Å². The molecule has 0 saturated carbocycles. The van der Waals surface area contributed by atoms with E-state index in [1.165, 1.54) is 0 Å². The summed E-state index contributed by atoms with van der Waals surface area (Å²) in [5.74, 6) is 0. The predicted octanol–water partition coefficient (Wildman–Crippen LogP) is 3.17. The number of rotatable bonds is 9. The first-order valence-electron chi connectivity index (χ1n) is 5.69. The lowest BCUT2D eigenvalue weighted by molar-refractivity contribution is 0.0625. The van der Waals surface area contributed by atoms with Crippen molar-refractivity contribution >= 4 is 0 Å². The highest BCUT2D eigenvalue weighted by molar-refractivity contribution is 4.84. The van der Waals surface area contributed by atoms with Gasteiger partial charge in [0.2, 0.25) is 0 Å². The van der Waals surface area contributed by atoms with Crippen molar-refractivity contribution in [2.75, 3.05) is 19.8 Å². The molecule has 0 aromatic heterocycles. The minimum atomic E-state index is 0.392. The maximum absolute atomic E-state index is 5.54. The standard InChI is InChI=1S/C12H24O2/c1-4-12(14-6-3)10-8-7-9-11-13-5-2/h7-8,12H,4-6,9-11H2,1-3H3/b8-7-. The zero-order valence-electron chi connectivity index (χ0n) is 9.79. The van der Waals surface area contributed by atoms with Gasteiger partial charge in [-0.15, -0.1) is 0 Å². The molecule has 0 aromatic carbocycles. The lowest BCUT2D eigenvalue weighted by Crippen LogP contribution is -2.09. The second-order valence-corrected chi connectivity index (χ2v) is 3.18. The first-order chi connectivity index (χ1) is 6.85. The molecular weight excluding hydrogens is 176 g/mol. The van der Waals surface area contributed by atoms with Crippen LogP contribution >= 0.6 is 0 Å². The summed E-state index contributed by atoms with van der Waals surface area (Å²) >= 11 is 0. The summed E-state index contributed by atoms with van der Waals surface area (Å²) in [6.45, 7) is 8.68. The third-order valence-electron chi connectivity index (χ3n) is 2.06. The first kappa shape index (κ1) is 13.7. The average molecular weight is 200 g/mol. The van der Waals surface area contributed by atoms with Crippen LogP contribution in [0.5, 0.6) is 0 Å². The molecule has 2 nitrogen and oxygen atoms in total. The molecule has 0 saturated heterocycles. The Labute approximate surface area is 88.3 Å². The van der Waals surface area contributed by atoms with Crippen LogP contribution in [0.25, 0.3) is 0 Å². The molecule has 0 aliphatic rings. The molecular formula is C12H24O2. The largest absolute Gasteiger partial charge is 0.381 e. The van der Waals surface area contributed by atoms with Gasteiger partial charge in [-0.25, -0.2) is 0 Å². The van der Waals surface area contributed by atoms with Crippen molar-refractivity contribution in [1.29, 1.82) is 0 Å². The second-order valence-electron chi connectivity index (χ2n) is 3.18.